The van der Waals surface area contributed by atoms with E-state index < -0.39 is 35.1 Å². The fraction of sp³-hybridized carbons (Fsp3) is 0.536. The molecule has 206 valence electrons. The van der Waals surface area contributed by atoms with Gasteiger partial charge in [-0.05, 0) is 47.9 Å². The summed E-state index contributed by atoms with van der Waals surface area (Å²) < 4.78 is 23.0. The van der Waals surface area contributed by atoms with Crippen molar-refractivity contribution in [1.29, 1.82) is 0 Å². The summed E-state index contributed by atoms with van der Waals surface area (Å²) in [5.41, 5.74) is 8.32. The van der Waals surface area contributed by atoms with Crippen molar-refractivity contribution < 1.29 is 13.6 Å². The predicted molar refractivity (Wildman–Crippen MR) is 158 cm³/mol. The van der Waals surface area contributed by atoms with Gasteiger partial charge in [-0.1, -0.05) is 71.9 Å². The third-order valence-electron chi connectivity index (χ3n) is 8.35. The van der Waals surface area contributed by atoms with Crippen LogP contribution in [0.5, 0.6) is 0 Å². The van der Waals surface area contributed by atoms with Crippen LogP contribution in [0, 0.1) is 0 Å². The van der Waals surface area contributed by atoms with Gasteiger partial charge in [0, 0.05) is 0 Å². The van der Waals surface area contributed by atoms with E-state index in [0.717, 1.165) is 11.3 Å². The zero-order chi connectivity index (χ0) is 28.1. The number of imidazole rings is 1. The molecular formula is C28H43N5O3Si2. The number of anilines is 1. The maximum atomic E-state index is 7.16. The maximum Gasteiger partial charge on any atom is 0.206 e. The van der Waals surface area contributed by atoms with Crippen LogP contribution in [0.25, 0.3) is 17.2 Å². The van der Waals surface area contributed by atoms with Crippen LogP contribution in [0.15, 0.2) is 48.7 Å². The largest absolute Gasteiger partial charge is 0.469 e. The van der Waals surface area contributed by atoms with Crippen molar-refractivity contribution in [2.75, 3.05) is 5.73 Å². The number of fused-ring (bicyclic) bond motifs is 1. The van der Waals surface area contributed by atoms with E-state index in [-0.39, 0.29) is 10.1 Å². The molecule has 1 aliphatic heterocycles. The molecule has 2 aromatic heterocycles. The number of hydrogen-bond donors (Lipinski definition) is 1. The van der Waals surface area contributed by atoms with Crippen LogP contribution >= 0.6 is 0 Å². The Morgan fingerprint density at radius 1 is 0.895 bits per heavy atom. The fourth-order valence-corrected chi connectivity index (χ4v) is 6.45. The number of ether oxygens (including phenoxy) is 1. The maximum absolute atomic E-state index is 7.16. The standard InChI is InChI=1S/C28H43N5O3Si2/c1-27(2,3)37(7,8)35-22-20(16-19-14-12-11-13-15-19)34-26(23(22)36-38(9,10)28(4,5)6)33-18-32-21-24(29)30-17-31-25(21)33/h11-18,22-23,26H,1-10H3,(H2,29,30,31)/b20-16-/t22-,23-,26-/m1/s1. The Morgan fingerprint density at radius 3 is 2.11 bits per heavy atom. The molecule has 3 heterocycles. The van der Waals surface area contributed by atoms with Gasteiger partial charge in [-0.25, -0.2) is 15.0 Å². The average Bonchev–Trinajstić information content (AvgIpc) is 3.36. The summed E-state index contributed by atoms with van der Waals surface area (Å²) in [6.07, 6.45) is 3.91. The summed E-state index contributed by atoms with van der Waals surface area (Å²) in [7, 11) is -4.48. The summed E-state index contributed by atoms with van der Waals surface area (Å²) in [5, 5.41) is 0.00240. The molecule has 1 fully saturated rings. The zero-order valence-corrected chi connectivity index (χ0v) is 26.4. The van der Waals surface area contributed by atoms with Gasteiger partial charge in [-0.15, -0.1) is 0 Å². The third-order valence-corrected chi connectivity index (χ3v) is 17.3. The van der Waals surface area contributed by atoms with E-state index in [1.165, 1.54) is 6.33 Å². The Hall–Kier alpha value is -2.54. The highest BCUT2D eigenvalue weighted by Crippen LogP contribution is 2.47. The van der Waals surface area contributed by atoms with Gasteiger partial charge in [0.15, 0.2) is 28.1 Å². The normalized spacial score (nSPS) is 22.3. The first-order chi connectivity index (χ1) is 17.5. The van der Waals surface area contributed by atoms with Gasteiger partial charge in [0.25, 0.3) is 0 Å². The van der Waals surface area contributed by atoms with Gasteiger partial charge in [-0.3, -0.25) is 4.57 Å². The SMILES string of the molecule is CC(C)(C)[Si](C)(C)O[C@@H]1[C@H](O[Si](C)(C)C(C)(C)C)/C(=C/c2ccccc2)O[C@H]1n1cnc2c(N)ncnc21. The minimum atomic E-state index is -2.25. The summed E-state index contributed by atoms with van der Waals surface area (Å²) in [6.45, 7) is 22.5. The number of aromatic nitrogens is 4. The molecule has 1 aliphatic rings. The Balaban J connectivity index is 1.89. The van der Waals surface area contributed by atoms with Crippen molar-refractivity contribution in [3.05, 3.63) is 54.3 Å². The molecule has 2 N–H and O–H groups in total. The highest BCUT2D eigenvalue weighted by molar-refractivity contribution is 6.74. The van der Waals surface area contributed by atoms with Gasteiger partial charge in [0.2, 0.25) is 6.23 Å². The molecule has 0 spiro atoms. The van der Waals surface area contributed by atoms with E-state index in [1.807, 2.05) is 22.8 Å². The molecule has 1 aromatic carbocycles. The first-order valence-electron chi connectivity index (χ1n) is 13.2. The minimum Gasteiger partial charge on any atom is -0.469 e. The lowest BCUT2D eigenvalue weighted by Gasteiger charge is -2.43. The molecule has 3 atom stereocenters. The van der Waals surface area contributed by atoms with E-state index in [1.54, 1.807) is 6.33 Å². The quantitative estimate of drug-likeness (QED) is 0.337. The van der Waals surface area contributed by atoms with Crippen molar-refractivity contribution >= 4 is 39.7 Å². The molecule has 0 amide bonds. The summed E-state index contributed by atoms with van der Waals surface area (Å²) in [6, 6.07) is 10.2. The molecule has 10 heteroatoms. The van der Waals surface area contributed by atoms with Crippen molar-refractivity contribution in [3.63, 3.8) is 0 Å². The van der Waals surface area contributed by atoms with Gasteiger partial charge in [0.05, 0.1) is 0 Å². The minimum absolute atomic E-state index is 0.00538. The highest BCUT2D eigenvalue weighted by atomic mass is 28.4. The molecule has 0 saturated carbocycles. The van der Waals surface area contributed by atoms with E-state index in [2.05, 4.69) is 101 Å². The van der Waals surface area contributed by atoms with Gasteiger partial charge in [0.1, 0.15) is 36.1 Å². The van der Waals surface area contributed by atoms with Crippen molar-refractivity contribution in [3.8, 4) is 0 Å². The molecular weight excluding hydrogens is 511 g/mol. The number of nitrogens with two attached hydrogens (primary N) is 1. The molecule has 1 saturated heterocycles. The van der Waals surface area contributed by atoms with Crippen LogP contribution in [0.4, 0.5) is 5.82 Å². The van der Waals surface area contributed by atoms with Crippen LogP contribution in [0.3, 0.4) is 0 Å². The first kappa shape index (κ1) is 28.5. The second kappa shape index (κ2) is 9.89. The van der Waals surface area contributed by atoms with Crippen molar-refractivity contribution in [2.45, 2.75) is 96.2 Å². The van der Waals surface area contributed by atoms with Gasteiger partial charge in [-0.2, -0.15) is 0 Å². The van der Waals surface area contributed by atoms with Gasteiger partial charge < -0.3 is 19.3 Å². The van der Waals surface area contributed by atoms with E-state index >= 15 is 0 Å². The zero-order valence-electron chi connectivity index (χ0n) is 24.4. The number of nitrogen functional groups attached to an aromatic ring is 1. The van der Waals surface area contributed by atoms with Crippen LogP contribution in [0.2, 0.25) is 36.3 Å². The summed E-state index contributed by atoms with van der Waals surface area (Å²) in [5.74, 6) is 1.08. The van der Waals surface area contributed by atoms with Crippen molar-refractivity contribution in [1.82, 2.24) is 19.5 Å². The molecule has 0 unspecified atom stereocenters. The Bertz CT molecular complexity index is 1310. The number of rotatable bonds is 6. The van der Waals surface area contributed by atoms with Crippen molar-refractivity contribution in [2.24, 2.45) is 0 Å². The van der Waals surface area contributed by atoms with Crippen LogP contribution < -0.4 is 5.73 Å². The molecule has 3 aromatic rings. The lowest BCUT2D eigenvalue weighted by Crippen LogP contribution is -2.52. The molecule has 38 heavy (non-hydrogen) atoms. The number of benzene rings is 1. The molecule has 0 radical (unpaired) electrons. The summed E-state index contributed by atoms with van der Waals surface area (Å²) >= 11 is 0. The molecule has 0 aliphatic carbocycles. The monoisotopic (exact) mass is 553 g/mol. The number of nitrogens with zero attached hydrogens (tertiary/aromatic N) is 4. The highest BCUT2D eigenvalue weighted by Gasteiger charge is 2.53. The average molecular weight is 554 g/mol. The van der Waals surface area contributed by atoms with E-state index in [4.69, 9.17) is 19.3 Å². The van der Waals surface area contributed by atoms with E-state index in [0.29, 0.717) is 17.0 Å². The topological polar surface area (TPSA) is 97.3 Å². The smallest absolute Gasteiger partial charge is 0.206 e. The molecule has 4 rings (SSSR count). The Labute approximate surface area is 228 Å². The van der Waals surface area contributed by atoms with Crippen LogP contribution in [-0.2, 0) is 13.6 Å². The Kier molecular flexibility index (Phi) is 7.41. The second-order valence-electron chi connectivity index (χ2n) is 13.2. The first-order valence-corrected chi connectivity index (χ1v) is 19.1. The molecule has 8 nitrogen and oxygen atoms in total. The van der Waals surface area contributed by atoms with Crippen LogP contribution in [-0.4, -0.2) is 48.4 Å². The second-order valence-corrected chi connectivity index (χ2v) is 22.7. The van der Waals surface area contributed by atoms with Gasteiger partial charge >= 0.3 is 0 Å². The third kappa shape index (κ3) is 5.45. The summed E-state index contributed by atoms with van der Waals surface area (Å²) in [4.78, 5) is 13.1. The molecule has 0 bridgehead atoms. The van der Waals surface area contributed by atoms with Crippen LogP contribution in [0.1, 0.15) is 53.3 Å². The lowest BCUT2D eigenvalue weighted by molar-refractivity contribution is -0.00162. The lowest BCUT2D eigenvalue weighted by atomic mass is 10.1. The predicted octanol–water partition coefficient (Wildman–Crippen LogP) is 6.76. The number of hydrogen-bond acceptors (Lipinski definition) is 7. The Morgan fingerprint density at radius 2 is 1.50 bits per heavy atom. The van der Waals surface area contributed by atoms with E-state index in [9.17, 15) is 0 Å². The fourth-order valence-electron chi connectivity index (χ4n) is 3.94.